The van der Waals surface area contributed by atoms with Crippen LogP contribution >= 0.6 is 0 Å². The Bertz CT molecular complexity index is 451. The molecular formula is C14H15NO. The number of benzene rings is 1. The number of ether oxygens (including phenoxy) is 1. The van der Waals surface area contributed by atoms with Crippen molar-refractivity contribution in [2.45, 2.75) is 19.8 Å². The predicted molar refractivity (Wildman–Crippen MR) is 64.8 cm³/mol. The molecule has 0 radical (unpaired) electrons. The maximum atomic E-state index is 5.66. The Balaban J connectivity index is 2.19. The van der Waals surface area contributed by atoms with Gasteiger partial charge in [-0.3, -0.25) is 0 Å². The van der Waals surface area contributed by atoms with Crippen molar-refractivity contribution in [3.8, 4) is 11.6 Å². The van der Waals surface area contributed by atoms with Gasteiger partial charge in [0.2, 0.25) is 5.88 Å². The van der Waals surface area contributed by atoms with Crippen LogP contribution in [0.4, 0.5) is 0 Å². The summed E-state index contributed by atoms with van der Waals surface area (Å²) in [5, 5.41) is 0. The summed E-state index contributed by atoms with van der Waals surface area (Å²) in [5.41, 5.74) is 1.24. The zero-order valence-corrected chi connectivity index (χ0v) is 9.55. The van der Waals surface area contributed by atoms with Crippen LogP contribution in [0.2, 0.25) is 0 Å². The molecule has 1 heterocycles. The van der Waals surface area contributed by atoms with E-state index in [1.54, 1.807) is 6.20 Å². The quantitative estimate of drug-likeness (QED) is 0.768. The van der Waals surface area contributed by atoms with Gasteiger partial charge in [-0.15, -0.1) is 0 Å². The van der Waals surface area contributed by atoms with E-state index in [4.69, 9.17) is 4.74 Å². The fourth-order valence-corrected chi connectivity index (χ4v) is 1.45. The Morgan fingerprint density at radius 2 is 1.81 bits per heavy atom. The zero-order chi connectivity index (χ0) is 11.4. The lowest BCUT2D eigenvalue weighted by Crippen LogP contribution is -1.91. The first-order valence-corrected chi connectivity index (χ1v) is 5.44. The molecule has 1 aromatic heterocycles. The minimum atomic E-state index is 0.487. The lowest BCUT2D eigenvalue weighted by atomic mass is 10.1. The van der Waals surface area contributed by atoms with Gasteiger partial charge in [0.1, 0.15) is 5.75 Å². The third-order valence-corrected chi connectivity index (χ3v) is 2.39. The van der Waals surface area contributed by atoms with Crippen molar-refractivity contribution >= 4 is 0 Å². The molecule has 0 fully saturated rings. The molecule has 2 heteroatoms. The van der Waals surface area contributed by atoms with Crippen LogP contribution in [-0.2, 0) is 0 Å². The summed E-state index contributed by atoms with van der Waals surface area (Å²) in [4.78, 5) is 4.19. The minimum Gasteiger partial charge on any atom is -0.439 e. The molecule has 0 saturated carbocycles. The number of hydrogen-bond donors (Lipinski definition) is 0. The molecule has 0 aliphatic carbocycles. The molecule has 0 aliphatic rings. The smallest absolute Gasteiger partial charge is 0.219 e. The normalized spacial score (nSPS) is 10.4. The molecule has 0 atom stereocenters. The molecule has 82 valence electrons. The van der Waals surface area contributed by atoms with Crippen LogP contribution in [-0.4, -0.2) is 4.98 Å². The molecule has 2 aromatic rings. The Morgan fingerprint density at radius 1 is 1.06 bits per heavy atom. The third-order valence-electron chi connectivity index (χ3n) is 2.39. The number of aromatic nitrogens is 1. The van der Waals surface area contributed by atoms with Crippen molar-refractivity contribution in [2.75, 3.05) is 0 Å². The van der Waals surface area contributed by atoms with E-state index in [-0.39, 0.29) is 0 Å². The summed E-state index contributed by atoms with van der Waals surface area (Å²) in [7, 11) is 0. The molecule has 0 aliphatic heterocycles. The second kappa shape index (κ2) is 4.79. The largest absolute Gasteiger partial charge is 0.439 e. The van der Waals surface area contributed by atoms with E-state index in [1.165, 1.54) is 5.56 Å². The van der Waals surface area contributed by atoms with Crippen molar-refractivity contribution in [1.82, 2.24) is 4.98 Å². The molecule has 2 rings (SSSR count). The first-order chi connectivity index (χ1) is 7.75. The van der Waals surface area contributed by atoms with Crippen molar-refractivity contribution < 1.29 is 4.74 Å². The molecule has 1 aromatic carbocycles. The van der Waals surface area contributed by atoms with E-state index in [2.05, 4.69) is 18.8 Å². The zero-order valence-electron chi connectivity index (χ0n) is 9.55. The molecule has 0 bridgehead atoms. The summed E-state index contributed by atoms with van der Waals surface area (Å²) < 4.78 is 5.66. The van der Waals surface area contributed by atoms with Crippen LogP contribution in [0.15, 0.2) is 48.7 Å². The van der Waals surface area contributed by atoms with E-state index in [1.807, 2.05) is 42.5 Å². The first kappa shape index (κ1) is 10.7. The van der Waals surface area contributed by atoms with Crippen molar-refractivity contribution in [3.63, 3.8) is 0 Å². The van der Waals surface area contributed by atoms with Crippen LogP contribution in [0.25, 0.3) is 0 Å². The predicted octanol–water partition coefficient (Wildman–Crippen LogP) is 4.00. The fourth-order valence-electron chi connectivity index (χ4n) is 1.45. The highest BCUT2D eigenvalue weighted by atomic mass is 16.5. The molecule has 2 nitrogen and oxygen atoms in total. The molecule has 0 amide bonds. The first-order valence-electron chi connectivity index (χ1n) is 5.44. The monoisotopic (exact) mass is 213 g/mol. The summed E-state index contributed by atoms with van der Waals surface area (Å²) >= 11 is 0. The van der Waals surface area contributed by atoms with Crippen LogP contribution in [0, 0.1) is 0 Å². The van der Waals surface area contributed by atoms with E-state index in [9.17, 15) is 0 Å². The van der Waals surface area contributed by atoms with Gasteiger partial charge in [0.25, 0.3) is 0 Å². The molecule has 16 heavy (non-hydrogen) atoms. The summed E-state index contributed by atoms with van der Waals surface area (Å²) in [6.45, 7) is 4.31. The standard InChI is InChI=1S/C14H15NO/c1-11(2)12-8-9-15-14(10-12)16-13-6-4-3-5-7-13/h3-11H,1-2H3. The van der Waals surface area contributed by atoms with Gasteiger partial charge in [0, 0.05) is 12.3 Å². The number of rotatable bonds is 3. The SMILES string of the molecule is CC(C)c1ccnc(Oc2ccccc2)c1. The summed E-state index contributed by atoms with van der Waals surface area (Å²) in [6.07, 6.45) is 1.79. The van der Waals surface area contributed by atoms with Gasteiger partial charge in [-0.2, -0.15) is 0 Å². The number of hydrogen-bond acceptors (Lipinski definition) is 2. The van der Waals surface area contributed by atoms with E-state index in [0.29, 0.717) is 11.8 Å². The van der Waals surface area contributed by atoms with Crippen molar-refractivity contribution in [3.05, 3.63) is 54.2 Å². The lowest BCUT2D eigenvalue weighted by molar-refractivity contribution is 0.461. The summed E-state index contributed by atoms with van der Waals surface area (Å²) in [6, 6.07) is 13.7. The summed E-state index contributed by atoms with van der Waals surface area (Å²) in [5.74, 6) is 1.95. The highest BCUT2D eigenvalue weighted by Crippen LogP contribution is 2.22. The second-order valence-corrected chi connectivity index (χ2v) is 4.00. The van der Waals surface area contributed by atoms with Gasteiger partial charge < -0.3 is 4.74 Å². The number of para-hydroxylation sites is 1. The molecule has 0 N–H and O–H groups in total. The molecule has 0 saturated heterocycles. The Morgan fingerprint density at radius 3 is 2.50 bits per heavy atom. The molecular weight excluding hydrogens is 198 g/mol. The van der Waals surface area contributed by atoms with Crippen LogP contribution in [0.1, 0.15) is 25.3 Å². The second-order valence-electron chi connectivity index (χ2n) is 4.00. The van der Waals surface area contributed by atoms with Gasteiger partial charge in [-0.25, -0.2) is 4.98 Å². The fraction of sp³-hybridized carbons (Fsp3) is 0.214. The van der Waals surface area contributed by atoms with E-state index >= 15 is 0 Å². The molecule has 0 spiro atoms. The Hall–Kier alpha value is -1.83. The Kier molecular flexibility index (Phi) is 3.20. The number of pyridine rings is 1. The van der Waals surface area contributed by atoms with Crippen LogP contribution in [0.5, 0.6) is 11.6 Å². The maximum Gasteiger partial charge on any atom is 0.219 e. The van der Waals surface area contributed by atoms with Crippen LogP contribution in [0.3, 0.4) is 0 Å². The van der Waals surface area contributed by atoms with E-state index < -0.39 is 0 Å². The van der Waals surface area contributed by atoms with Crippen molar-refractivity contribution in [2.24, 2.45) is 0 Å². The minimum absolute atomic E-state index is 0.487. The van der Waals surface area contributed by atoms with Crippen molar-refractivity contribution in [1.29, 1.82) is 0 Å². The van der Waals surface area contributed by atoms with Gasteiger partial charge in [-0.1, -0.05) is 32.0 Å². The lowest BCUT2D eigenvalue weighted by Gasteiger charge is -2.08. The maximum absolute atomic E-state index is 5.66. The topological polar surface area (TPSA) is 22.1 Å². The average molecular weight is 213 g/mol. The van der Waals surface area contributed by atoms with Gasteiger partial charge in [0.05, 0.1) is 0 Å². The highest BCUT2D eigenvalue weighted by molar-refractivity contribution is 5.29. The van der Waals surface area contributed by atoms with Gasteiger partial charge >= 0.3 is 0 Å². The van der Waals surface area contributed by atoms with Gasteiger partial charge in [-0.05, 0) is 29.7 Å². The van der Waals surface area contributed by atoms with Crippen LogP contribution < -0.4 is 4.74 Å². The highest BCUT2D eigenvalue weighted by Gasteiger charge is 2.02. The van der Waals surface area contributed by atoms with Gasteiger partial charge in [0.15, 0.2) is 0 Å². The average Bonchev–Trinajstić information content (AvgIpc) is 2.30. The Labute approximate surface area is 95.9 Å². The van der Waals surface area contributed by atoms with E-state index in [0.717, 1.165) is 5.75 Å². The third kappa shape index (κ3) is 2.60. The number of nitrogens with zero attached hydrogens (tertiary/aromatic N) is 1. The molecule has 0 unspecified atom stereocenters.